The predicted octanol–water partition coefficient (Wildman–Crippen LogP) is 3.23. The number of likely N-dealkylation sites (tertiary alicyclic amines) is 1. The Morgan fingerprint density at radius 2 is 1.76 bits per heavy atom. The minimum absolute atomic E-state index is 0.808. The van der Waals surface area contributed by atoms with E-state index in [2.05, 4.69) is 17.5 Å². The first-order chi connectivity index (χ1) is 8.34. The Morgan fingerprint density at radius 1 is 1.06 bits per heavy atom. The standard InChI is InChI=1S/C14H21NOS/c17-14-7-5-13(6-8-14)16-12-4-11-15-9-2-1-3-10-15/h5-8,17H,1-4,9-12H2. The zero-order chi connectivity index (χ0) is 11.9. The highest BCUT2D eigenvalue weighted by molar-refractivity contribution is 7.80. The summed E-state index contributed by atoms with van der Waals surface area (Å²) in [5, 5.41) is 0. The Morgan fingerprint density at radius 3 is 2.47 bits per heavy atom. The Balaban J connectivity index is 1.60. The van der Waals surface area contributed by atoms with Gasteiger partial charge < -0.3 is 9.64 Å². The third kappa shape index (κ3) is 4.60. The van der Waals surface area contributed by atoms with E-state index < -0.39 is 0 Å². The van der Waals surface area contributed by atoms with E-state index in [1.807, 2.05) is 24.3 Å². The number of hydrogen-bond donors (Lipinski definition) is 1. The molecule has 2 rings (SSSR count). The highest BCUT2D eigenvalue weighted by Gasteiger charge is 2.08. The van der Waals surface area contributed by atoms with E-state index in [4.69, 9.17) is 4.74 Å². The average Bonchev–Trinajstić information content (AvgIpc) is 2.38. The van der Waals surface area contributed by atoms with Crippen molar-refractivity contribution in [1.82, 2.24) is 4.90 Å². The lowest BCUT2D eigenvalue weighted by molar-refractivity contribution is 0.205. The van der Waals surface area contributed by atoms with Gasteiger partial charge in [0.25, 0.3) is 0 Å². The highest BCUT2D eigenvalue weighted by atomic mass is 32.1. The van der Waals surface area contributed by atoms with Crippen LogP contribution in [0.5, 0.6) is 5.75 Å². The van der Waals surface area contributed by atoms with Gasteiger partial charge in [-0.3, -0.25) is 0 Å². The van der Waals surface area contributed by atoms with Crippen molar-refractivity contribution in [1.29, 1.82) is 0 Å². The van der Waals surface area contributed by atoms with Crippen LogP contribution in [0, 0.1) is 0 Å². The van der Waals surface area contributed by atoms with Crippen LogP contribution in [-0.4, -0.2) is 31.1 Å². The van der Waals surface area contributed by atoms with Gasteiger partial charge in [-0.1, -0.05) is 6.42 Å². The van der Waals surface area contributed by atoms with E-state index in [9.17, 15) is 0 Å². The van der Waals surface area contributed by atoms with Gasteiger partial charge in [0, 0.05) is 11.4 Å². The second kappa shape index (κ2) is 6.92. The summed E-state index contributed by atoms with van der Waals surface area (Å²) in [7, 11) is 0. The maximum absolute atomic E-state index is 5.69. The fourth-order valence-corrected chi connectivity index (χ4v) is 2.35. The van der Waals surface area contributed by atoms with Crippen LogP contribution in [0.15, 0.2) is 29.2 Å². The summed E-state index contributed by atoms with van der Waals surface area (Å²) in [5.74, 6) is 0.946. The van der Waals surface area contributed by atoms with Crippen molar-refractivity contribution >= 4 is 12.6 Å². The van der Waals surface area contributed by atoms with E-state index in [0.29, 0.717) is 0 Å². The van der Waals surface area contributed by atoms with Crippen molar-refractivity contribution in [2.24, 2.45) is 0 Å². The number of nitrogens with zero attached hydrogens (tertiary/aromatic N) is 1. The number of rotatable bonds is 5. The summed E-state index contributed by atoms with van der Waals surface area (Å²) in [4.78, 5) is 3.52. The van der Waals surface area contributed by atoms with Crippen molar-refractivity contribution in [3.63, 3.8) is 0 Å². The Labute approximate surface area is 109 Å². The lowest BCUT2D eigenvalue weighted by Gasteiger charge is -2.26. The van der Waals surface area contributed by atoms with Gasteiger partial charge >= 0.3 is 0 Å². The highest BCUT2D eigenvalue weighted by Crippen LogP contribution is 2.14. The predicted molar refractivity (Wildman–Crippen MR) is 74.1 cm³/mol. The van der Waals surface area contributed by atoms with Crippen molar-refractivity contribution in [2.45, 2.75) is 30.6 Å². The smallest absolute Gasteiger partial charge is 0.119 e. The topological polar surface area (TPSA) is 12.5 Å². The summed E-state index contributed by atoms with van der Waals surface area (Å²) in [6, 6.07) is 7.87. The minimum Gasteiger partial charge on any atom is -0.494 e. The molecule has 1 aliphatic heterocycles. The van der Waals surface area contributed by atoms with Crippen molar-refractivity contribution < 1.29 is 4.74 Å². The largest absolute Gasteiger partial charge is 0.494 e. The minimum atomic E-state index is 0.808. The molecule has 0 unspecified atom stereocenters. The lowest BCUT2D eigenvalue weighted by atomic mass is 10.1. The van der Waals surface area contributed by atoms with E-state index in [-0.39, 0.29) is 0 Å². The van der Waals surface area contributed by atoms with E-state index >= 15 is 0 Å². The molecule has 0 atom stereocenters. The van der Waals surface area contributed by atoms with Crippen LogP contribution in [-0.2, 0) is 0 Å². The third-order valence-electron chi connectivity index (χ3n) is 3.17. The molecule has 0 N–H and O–H groups in total. The van der Waals surface area contributed by atoms with Crippen LogP contribution >= 0.6 is 12.6 Å². The van der Waals surface area contributed by atoms with Gasteiger partial charge in [-0.2, -0.15) is 0 Å². The molecule has 1 aromatic carbocycles. The molecule has 17 heavy (non-hydrogen) atoms. The molecule has 3 heteroatoms. The normalized spacial score (nSPS) is 17.0. The second-order valence-electron chi connectivity index (χ2n) is 4.60. The van der Waals surface area contributed by atoms with Gasteiger partial charge in [0.1, 0.15) is 5.75 Å². The van der Waals surface area contributed by atoms with Gasteiger partial charge in [-0.25, -0.2) is 0 Å². The van der Waals surface area contributed by atoms with E-state index in [1.54, 1.807) is 0 Å². The molecule has 0 amide bonds. The molecule has 1 heterocycles. The number of thiol groups is 1. The Bertz CT molecular complexity index is 319. The number of hydrogen-bond acceptors (Lipinski definition) is 3. The average molecular weight is 251 g/mol. The van der Waals surface area contributed by atoms with Gasteiger partial charge in [0.05, 0.1) is 6.61 Å². The molecule has 2 nitrogen and oxygen atoms in total. The molecule has 0 aromatic heterocycles. The van der Waals surface area contributed by atoms with Gasteiger partial charge in [-0.05, 0) is 56.6 Å². The molecule has 94 valence electrons. The van der Waals surface area contributed by atoms with E-state index in [0.717, 1.165) is 23.7 Å². The zero-order valence-corrected chi connectivity index (χ0v) is 11.2. The van der Waals surface area contributed by atoms with Gasteiger partial charge in [-0.15, -0.1) is 12.6 Å². The number of piperidine rings is 1. The van der Waals surface area contributed by atoms with Gasteiger partial charge in [0.2, 0.25) is 0 Å². The van der Waals surface area contributed by atoms with Gasteiger partial charge in [0.15, 0.2) is 0 Å². The summed E-state index contributed by atoms with van der Waals surface area (Å²) in [5.41, 5.74) is 0. The molecule has 1 fully saturated rings. The maximum atomic E-state index is 5.69. The first kappa shape index (κ1) is 12.8. The van der Waals surface area contributed by atoms with Crippen molar-refractivity contribution in [3.05, 3.63) is 24.3 Å². The molecule has 1 saturated heterocycles. The molecule has 0 radical (unpaired) electrons. The summed E-state index contributed by atoms with van der Waals surface area (Å²) in [6.45, 7) is 4.52. The fraction of sp³-hybridized carbons (Fsp3) is 0.571. The zero-order valence-electron chi connectivity index (χ0n) is 10.3. The third-order valence-corrected chi connectivity index (χ3v) is 3.47. The first-order valence-corrected chi connectivity index (χ1v) is 6.93. The van der Waals surface area contributed by atoms with Crippen LogP contribution in [0.3, 0.4) is 0 Å². The molecule has 0 spiro atoms. The van der Waals surface area contributed by atoms with E-state index in [1.165, 1.54) is 38.9 Å². The summed E-state index contributed by atoms with van der Waals surface area (Å²) in [6.07, 6.45) is 5.25. The molecule has 0 aliphatic carbocycles. The van der Waals surface area contributed by atoms with Crippen LogP contribution in [0.1, 0.15) is 25.7 Å². The summed E-state index contributed by atoms with van der Waals surface area (Å²) >= 11 is 4.25. The maximum Gasteiger partial charge on any atom is 0.119 e. The number of ether oxygens (including phenoxy) is 1. The van der Waals surface area contributed by atoms with Crippen LogP contribution in [0.25, 0.3) is 0 Å². The molecule has 0 saturated carbocycles. The molecule has 0 bridgehead atoms. The van der Waals surface area contributed by atoms with Crippen LogP contribution in [0.4, 0.5) is 0 Å². The van der Waals surface area contributed by atoms with Crippen molar-refractivity contribution in [3.8, 4) is 5.75 Å². The van der Waals surface area contributed by atoms with Crippen LogP contribution in [0.2, 0.25) is 0 Å². The quantitative estimate of drug-likeness (QED) is 0.637. The second-order valence-corrected chi connectivity index (χ2v) is 5.11. The molecular formula is C14H21NOS. The van der Waals surface area contributed by atoms with Crippen LogP contribution < -0.4 is 4.74 Å². The molecule has 1 aromatic rings. The lowest BCUT2D eigenvalue weighted by Crippen LogP contribution is -2.31. The fourth-order valence-electron chi connectivity index (χ4n) is 2.20. The monoisotopic (exact) mass is 251 g/mol. The molecular weight excluding hydrogens is 230 g/mol. The first-order valence-electron chi connectivity index (χ1n) is 6.49. The van der Waals surface area contributed by atoms with Crippen molar-refractivity contribution in [2.75, 3.05) is 26.2 Å². The summed E-state index contributed by atoms with van der Waals surface area (Å²) < 4.78 is 5.69. The Hall–Kier alpha value is -0.670. The Kier molecular flexibility index (Phi) is 5.20. The number of benzene rings is 1. The SMILES string of the molecule is Sc1ccc(OCCCN2CCCCC2)cc1. The molecule has 1 aliphatic rings.